The Labute approximate surface area is 99.1 Å². The lowest BCUT2D eigenvalue weighted by atomic mass is 10.1. The number of rotatable bonds is 2. The maximum Gasteiger partial charge on any atom is 0.340 e. The minimum atomic E-state index is -0.507. The number of hydrogen-bond acceptors (Lipinski definition) is 5. The van der Waals surface area contributed by atoms with Crippen LogP contribution in [0, 0.1) is 0 Å². The van der Waals surface area contributed by atoms with Crippen LogP contribution in [-0.2, 0) is 9.53 Å². The van der Waals surface area contributed by atoms with Crippen molar-refractivity contribution in [3.8, 4) is 0 Å². The Morgan fingerprint density at radius 1 is 1.56 bits per heavy atom. The van der Waals surface area contributed by atoms with Crippen molar-refractivity contribution in [1.29, 1.82) is 0 Å². The van der Waals surface area contributed by atoms with E-state index in [0.717, 1.165) is 0 Å². The molecule has 0 atom stereocenters. The number of allylic oxidation sites excluding steroid dienone is 1. The van der Waals surface area contributed by atoms with Crippen molar-refractivity contribution in [3.05, 3.63) is 17.2 Å². The van der Waals surface area contributed by atoms with Gasteiger partial charge in [-0.1, -0.05) is 6.08 Å². The molecule has 4 nitrogen and oxygen atoms in total. The van der Waals surface area contributed by atoms with Gasteiger partial charge in [0.2, 0.25) is 0 Å². The topological polar surface area (TPSA) is 65.2 Å². The monoisotopic (exact) mass is 240 g/mol. The minimum Gasteiger partial charge on any atom is -0.456 e. The Balaban J connectivity index is 2.89. The molecule has 0 saturated carbocycles. The lowest BCUT2D eigenvalue weighted by molar-refractivity contribution is -0.147. The zero-order valence-corrected chi connectivity index (χ0v) is 10.7. The molecule has 5 heteroatoms. The molecule has 0 saturated heterocycles. The van der Waals surface area contributed by atoms with E-state index in [1.54, 1.807) is 18.4 Å². The van der Waals surface area contributed by atoms with Crippen molar-refractivity contribution >= 4 is 28.0 Å². The van der Waals surface area contributed by atoms with Gasteiger partial charge in [-0.25, -0.2) is 9.78 Å². The lowest BCUT2D eigenvalue weighted by Gasteiger charge is -2.20. The Hall–Kier alpha value is -1.36. The predicted octanol–water partition coefficient (Wildman–Crippen LogP) is 2.47. The second-order valence-corrected chi connectivity index (χ2v) is 5.16. The lowest BCUT2D eigenvalue weighted by Crippen LogP contribution is -2.24. The molecule has 1 rings (SSSR count). The molecule has 1 heterocycles. The summed E-state index contributed by atoms with van der Waals surface area (Å²) in [5.41, 5.74) is 6.04. The molecule has 0 amide bonds. The normalized spacial score (nSPS) is 12.6. The molecule has 0 spiro atoms. The van der Waals surface area contributed by atoms with Crippen molar-refractivity contribution in [1.82, 2.24) is 4.98 Å². The highest BCUT2D eigenvalue weighted by Gasteiger charge is 2.21. The van der Waals surface area contributed by atoms with Gasteiger partial charge in [-0.3, -0.25) is 0 Å². The summed E-state index contributed by atoms with van der Waals surface area (Å²) in [4.78, 5) is 15.9. The third-order valence-corrected chi connectivity index (χ3v) is 2.38. The maximum atomic E-state index is 11.8. The first-order valence-corrected chi connectivity index (χ1v) is 5.82. The summed E-state index contributed by atoms with van der Waals surface area (Å²) in [6, 6.07) is 0. The van der Waals surface area contributed by atoms with Crippen molar-refractivity contribution < 1.29 is 9.53 Å². The van der Waals surface area contributed by atoms with E-state index < -0.39 is 5.60 Å². The van der Waals surface area contributed by atoms with Gasteiger partial charge in [0.15, 0.2) is 5.13 Å². The Morgan fingerprint density at radius 2 is 2.19 bits per heavy atom. The average Bonchev–Trinajstić information content (AvgIpc) is 2.49. The highest BCUT2D eigenvalue weighted by molar-refractivity contribution is 7.13. The highest BCUT2D eigenvalue weighted by atomic mass is 32.1. The van der Waals surface area contributed by atoms with E-state index in [1.807, 2.05) is 20.8 Å². The van der Waals surface area contributed by atoms with Crippen molar-refractivity contribution in [2.24, 2.45) is 0 Å². The first-order chi connectivity index (χ1) is 7.33. The third-order valence-electron chi connectivity index (χ3n) is 1.71. The SMILES string of the molecule is C/C=C(\C(=O)OC(C)(C)C)c1csc(N)n1. The number of carbonyl (C=O) groups excluding carboxylic acids is 1. The van der Waals surface area contributed by atoms with Gasteiger partial charge in [-0.2, -0.15) is 0 Å². The molecule has 0 aliphatic carbocycles. The van der Waals surface area contributed by atoms with Gasteiger partial charge in [-0.05, 0) is 27.7 Å². The van der Waals surface area contributed by atoms with E-state index in [1.165, 1.54) is 11.3 Å². The second kappa shape index (κ2) is 4.65. The summed E-state index contributed by atoms with van der Waals surface area (Å²) in [5, 5.41) is 2.19. The van der Waals surface area contributed by atoms with Crippen LogP contribution in [0.4, 0.5) is 5.13 Å². The molecule has 0 radical (unpaired) electrons. The van der Waals surface area contributed by atoms with Gasteiger partial charge in [0.25, 0.3) is 0 Å². The molecule has 0 fully saturated rings. The standard InChI is InChI=1S/C11H16N2O2S/c1-5-7(8-6-16-10(12)13-8)9(14)15-11(2,3)4/h5-6H,1-4H3,(H2,12,13)/b7-5-. The third kappa shape index (κ3) is 3.34. The van der Waals surface area contributed by atoms with Crippen LogP contribution in [0.2, 0.25) is 0 Å². The van der Waals surface area contributed by atoms with Crippen LogP contribution in [0.3, 0.4) is 0 Å². The number of thiazole rings is 1. The quantitative estimate of drug-likeness (QED) is 0.637. The molecule has 2 N–H and O–H groups in total. The molecule has 0 aromatic carbocycles. The number of esters is 1. The highest BCUT2D eigenvalue weighted by Crippen LogP contribution is 2.22. The van der Waals surface area contributed by atoms with Crippen molar-refractivity contribution in [3.63, 3.8) is 0 Å². The number of nitrogens with zero attached hydrogens (tertiary/aromatic N) is 1. The Morgan fingerprint density at radius 3 is 2.56 bits per heavy atom. The molecule has 16 heavy (non-hydrogen) atoms. The smallest absolute Gasteiger partial charge is 0.340 e. The van der Waals surface area contributed by atoms with Gasteiger partial charge >= 0.3 is 5.97 Å². The summed E-state index contributed by atoms with van der Waals surface area (Å²) in [6.07, 6.45) is 1.68. The molecule has 0 unspecified atom stereocenters. The summed E-state index contributed by atoms with van der Waals surface area (Å²) < 4.78 is 5.27. The fraction of sp³-hybridized carbons (Fsp3) is 0.455. The van der Waals surface area contributed by atoms with Crippen LogP contribution in [0.1, 0.15) is 33.4 Å². The summed E-state index contributed by atoms with van der Waals surface area (Å²) in [6.45, 7) is 7.25. The number of hydrogen-bond donors (Lipinski definition) is 1. The number of anilines is 1. The van der Waals surface area contributed by atoms with Crippen LogP contribution >= 0.6 is 11.3 Å². The summed E-state index contributed by atoms with van der Waals surface area (Å²) in [5.74, 6) is -0.375. The molecule has 0 aliphatic rings. The van der Waals surface area contributed by atoms with Crippen LogP contribution in [-0.4, -0.2) is 16.6 Å². The number of carbonyl (C=O) groups is 1. The van der Waals surface area contributed by atoms with Gasteiger partial charge in [0, 0.05) is 5.38 Å². The minimum absolute atomic E-state index is 0.375. The van der Waals surface area contributed by atoms with E-state index in [0.29, 0.717) is 16.4 Å². The average molecular weight is 240 g/mol. The molecule has 0 bridgehead atoms. The van der Waals surface area contributed by atoms with Gasteiger partial charge in [0.1, 0.15) is 5.60 Å². The number of aromatic nitrogens is 1. The van der Waals surface area contributed by atoms with E-state index in [2.05, 4.69) is 4.98 Å². The fourth-order valence-electron chi connectivity index (χ4n) is 1.11. The van der Waals surface area contributed by atoms with Crippen LogP contribution in [0.25, 0.3) is 5.57 Å². The van der Waals surface area contributed by atoms with E-state index in [9.17, 15) is 4.79 Å². The maximum absolute atomic E-state index is 11.8. The number of ether oxygens (including phenoxy) is 1. The first-order valence-electron chi connectivity index (χ1n) is 4.94. The Bertz CT molecular complexity index is 416. The van der Waals surface area contributed by atoms with Crippen LogP contribution in [0.5, 0.6) is 0 Å². The van der Waals surface area contributed by atoms with Crippen LogP contribution in [0.15, 0.2) is 11.5 Å². The summed E-state index contributed by atoms with van der Waals surface area (Å²) in [7, 11) is 0. The van der Waals surface area contributed by atoms with Crippen molar-refractivity contribution in [2.45, 2.75) is 33.3 Å². The molecule has 1 aromatic rings. The molecule has 0 aliphatic heterocycles. The van der Waals surface area contributed by atoms with E-state index in [-0.39, 0.29) is 5.97 Å². The van der Waals surface area contributed by atoms with E-state index in [4.69, 9.17) is 10.5 Å². The second-order valence-electron chi connectivity index (χ2n) is 4.28. The van der Waals surface area contributed by atoms with Crippen LogP contribution < -0.4 is 5.73 Å². The zero-order chi connectivity index (χ0) is 12.3. The zero-order valence-electron chi connectivity index (χ0n) is 9.90. The Kier molecular flexibility index (Phi) is 3.70. The molecule has 88 valence electrons. The fourth-order valence-corrected chi connectivity index (χ4v) is 1.68. The van der Waals surface area contributed by atoms with Gasteiger partial charge < -0.3 is 10.5 Å². The first kappa shape index (κ1) is 12.7. The number of nitrogens with two attached hydrogens (primary N) is 1. The van der Waals surface area contributed by atoms with Crippen molar-refractivity contribution in [2.75, 3.05) is 5.73 Å². The number of nitrogen functional groups attached to an aromatic ring is 1. The van der Waals surface area contributed by atoms with E-state index >= 15 is 0 Å². The molecular formula is C11H16N2O2S. The predicted molar refractivity (Wildman–Crippen MR) is 66.0 cm³/mol. The van der Waals surface area contributed by atoms with Gasteiger partial charge in [-0.15, -0.1) is 11.3 Å². The summed E-state index contributed by atoms with van der Waals surface area (Å²) >= 11 is 1.30. The largest absolute Gasteiger partial charge is 0.456 e. The molecule has 1 aromatic heterocycles. The molecular weight excluding hydrogens is 224 g/mol. The van der Waals surface area contributed by atoms with Gasteiger partial charge in [0.05, 0.1) is 11.3 Å².